The fraction of sp³-hybridized carbons (Fsp3) is 0.389. The van der Waals surface area contributed by atoms with E-state index in [1.807, 2.05) is 0 Å². The lowest BCUT2D eigenvalue weighted by Gasteiger charge is -2.38. The predicted octanol–water partition coefficient (Wildman–Crippen LogP) is 7.76. The van der Waals surface area contributed by atoms with Crippen molar-refractivity contribution in [3.05, 3.63) is 71.8 Å². The summed E-state index contributed by atoms with van der Waals surface area (Å²) in [6, 6.07) is 31.4. The summed E-state index contributed by atoms with van der Waals surface area (Å²) in [6.45, 7) is 9.46. The van der Waals surface area contributed by atoms with E-state index in [4.69, 9.17) is 0 Å². The summed E-state index contributed by atoms with van der Waals surface area (Å²) in [5, 5.41) is 10.3. The molecule has 0 unspecified atom stereocenters. The maximum Gasteiger partial charge on any atom is 0.119 e. The van der Waals surface area contributed by atoms with Crippen molar-refractivity contribution >= 4 is 47.7 Å². The van der Waals surface area contributed by atoms with Crippen molar-refractivity contribution in [1.82, 2.24) is 0 Å². The second-order valence-electron chi connectivity index (χ2n) is 13.6. The molecular formula is C36H40Si2. The standard InChI is InChI=1S/C36H40Si2/c1-23(2)25-12-14-27-30-22-34-35(28-15-13-26(24(3)4)21-33(28)38(34)18-7-8-19-38)29-10-9-11-31(36(29)30)37(32(27)20-25)16-5-6-17-37/h9-15,20-24H,5-8,16-19H2,1-4H3. The first-order chi connectivity index (χ1) is 18.4. The van der Waals surface area contributed by atoms with E-state index in [-0.39, 0.29) is 0 Å². The summed E-state index contributed by atoms with van der Waals surface area (Å²) in [6.07, 6.45) is 5.64. The first-order valence-electron chi connectivity index (χ1n) is 15.3. The molecule has 0 aliphatic carbocycles. The monoisotopic (exact) mass is 528 g/mol. The van der Waals surface area contributed by atoms with Gasteiger partial charge in [0, 0.05) is 0 Å². The van der Waals surface area contributed by atoms with Gasteiger partial charge in [-0.3, -0.25) is 0 Å². The molecule has 192 valence electrons. The molecule has 4 aromatic rings. The zero-order chi connectivity index (χ0) is 25.8. The molecule has 0 N–H and O–H groups in total. The Morgan fingerprint density at radius 3 is 1.68 bits per heavy atom. The molecule has 0 aromatic heterocycles. The molecule has 4 heterocycles. The van der Waals surface area contributed by atoms with Crippen LogP contribution >= 0.6 is 0 Å². The number of rotatable bonds is 2. The van der Waals surface area contributed by atoms with Crippen molar-refractivity contribution in [2.45, 2.75) is 89.4 Å². The number of fused-ring (bicyclic) bond motifs is 10. The van der Waals surface area contributed by atoms with Gasteiger partial charge in [0.05, 0.1) is 0 Å². The van der Waals surface area contributed by atoms with Crippen molar-refractivity contribution < 1.29 is 0 Å². The van der Waals surface area contributed by atoms with Crippen molar-refractivity contribution in [3.8, 4) is 22.3 Å². The highest BCUT2D eigenvalue weighted by Gasteiger charge is 2.50. The van der Waals surface area contributed by atoms with Crippen LogP contribution in [0.3, 0.4) is 0 Å². The van der Waals surface area contributed by atoms with E-state index >= 15 is 0 Å². The van der Waals surface area contributed by atoms with Crippen LogP contribution in [0.2, 0.25) is 24.2 Å². The molecular weight excluding hydrogens is 489 g/mol. The Hall–Kier alpha value is -2.43. The van der Waals surface area contributed by atoms with Gasteiger partial charge in [-0.15, -0.1) is 0 Å². The predicted molar refractivity (Wildman–Crippen MR) is 171 cm³/mol. The summed E-state index contributed by atoms with van der Waals surface area (Å²) >= 11 is 0. The molecule has 2 heteroatoms. The fourth-order valence-electron chi connectivity index (χ4n) is 9.17. The zero-order valence-corrected chi connectivity index (χ0v) is 25.6. The lowest BCUT2D eigenvalue weighted by molar-refractivity contribution is 0.868. The van der Waals surface area contributed by atoms with Gasteiger partial charge in [0.25, 0.3) is 0 Å². The molecule has 0 saturated carbocycles. The number of hydrogen-bond donors (Lipinski definition) is 0. The van der Waals surface area contributed by atoms with Crippen molar-refractivity contribution in [2.75, 3.05) is 0 Å². The Balaban J connectivity index is 1.50. The molecule has 2 spiro atoms. The largest absolute Gasteiger partial charge is 0.119 e. The van der Waals surface area contributed by atoms with Crippen LogP contribution in [-0.2, 0) is 0 Å². The molecule has 0 atom stereocenters. The smallest absolute Gasteiger partial charge is 0.0619 e. The third-order valence-corrected chi connectivity index (χ3v) is 21.7. The second-order valence-corrected chi connectivity index (χ2v) is 22.1. The summed E-state index contributed by atoms with van der Waals surface area (Å²) in [5.41, 5.74) is 9.51. The van der Waals surface area contributed by atoms with Gasteiger partial charge in [-0.2, -0.15) is 0 Å². The van der Waals surface area contributed by atoms with Gasteiger partial charge in [0.15, 0.2) is 0 Å². The Bertz CT molecular complexity index is 1630. The van der Waals surface area contributed by atoms with Crippen LogP contribution in [0.5, 0.6) is 0 Å². The highest BCUT2D eigenvalue weighted by molar-refractivity contribution is 7.07. The van der Waals surface area contributed by atoms with E-state index in [1.165, 1.54) is 61.0 Å². The summed E-state index contributed by atoms with van der Waals surface area (Å²) in [5.74, 6) is 1.18. The lowest BCUT2D eigenvalue weighted by atomic mass is 9.90. The Labute approximate surface area is 230 Å². The maximum absolute atomic E-state index is 2.78. The minimum atomic E-state index is -1.75. The first-order valence-corrected chi connectivity index (χ1v) is 20.2. The summed E-state index contributed by atoms with van der Waals surface area (Å²) < 4.78 is 0. The minimum Gasteiger partial charge on any atom is -0.0619 e. The van der Waals surface area contributed by atoms with Crippen LogP contribution in [0.1, 0.15) is 76.3 Å². The van der Waals surface area contributed by atoms with Gasteiger partial charge in [-0.05, 0) is 101 Å². The van der Waals surface area contributed by atoms with E-state index < -0.39 is 16.1 Å². The summed E-state index contributed by atoms with van der Waals surface area (Å²) in [4.78, 5) is 0. The lowest BCUT2D eigenvalue weighted by Crippen LogP contribution is -2.59. The molecule has 0 bridgehead atoms. The third-order valence-electron chi connectivity index (χ3n) is 11.1. The van der Waals surface area contributed by atoms with E-state index in [0.29, 0.717) is 11.8 Å². The highest BCUT2D eigenvalue weighted by Crippen LogP contribution is 2.47. The average molecular weight is 529 g/mol. The van der Waals surface area contributed by atoms with Crippen molar-refractivity contribution in [3.63, 3.8) is 0 Å². The topological polar surface area (TPSA) is 0 Å². The molecule has 0 radical (unpaired) electrons. The van der Waals surface area contributed by atoms with Gasteiger partial charge in [0.1, 0.15) is 16.1 Å². The van der Waals surface area contributed by atoms with E-state index in [9.17, 15) is 0 Å². The van der Waals surface area contributed by atoms with Crippen molar-refractivity contribution in [2.24, 2.45) is 0 Å². The van der Waals surface area contributed by atoms with Crippen LogP contribution in [0.25, 0.3) is 33.0 Å². The highest BCUT2D eigenvalue weighted by atomic mass is 28.3. The van der Waals surface area contributed by atoms with Gasteiger partial charge >= 0.3 is 0 Å². The van der Waals surface area contributed by atoms with E-state index in [2.05, 4.69) is 88.4 Å². The fourth-order valence-corrected chi connectivity index (χ4v) is 20.5. The molecule has 4 aromatic carbocycles. The van der Waals surface area contributed by atoms with Crippen LogP contribution in [0.15, 0.2) is 60.7 Å². The molecule has 4 aliphatic rings. The molecule has 4 aliphatic heterocycles. The Morgan fingerprint density at radius 2 is 1.08 bits per heavy atom. The Morgan fingerprint density at radius 1 is 0.526 bits per heavy atom. The van der Waals surface area contributed by atoms with Crippen LogP contribution in [0, 0.1) is 0 Å². The van der Waals surface area contributed by atoms with E-state index in [0.717, 1.165) is 0 Å². The number of benzene rings is 4. The van der Waals surface area contributed by atoms with E-state index in [1.54, 1.807) is 53.8 Å². The van der Waals surface area contributed by atoms with Gasteiger partial charge in [-0.1, -0.05) is 114 Å². The van der Waals surface area contributed by atoms with Gasteiger partial charge in [0.2, 0.25) is 0 Å². The molecule has 0 nitrogen and oxygen atoms in total. The minimum absolute atomic E-state index is 0.587. The second kappa shape index (κ2) is 8.05. The van der Waals surface area contributed by atoms with Gasteiger partial charge in [-0.25, -0.2) is 0 Å². The van der Waals surface area contributed by atoms with Crippen molar-refractivity contribution in [1.29, 1.82) is 0 Å². The normalized spacial score (nSPS) is 19.6. The number of hydrogen-bond acceptors (Lipinski definition) is 0. The van der Waals surface area contributed by atoms with Gasteiger partial charge < -0.3 is 0 Å². The first kappa shape index (κ1) is 23.5. The molecule has 0 amide bonds. The molecule has 8 rings (SSSR count). The summed E-state index contributed by atoms with van der Waals surface area (Å²) in [7, 11) is -3.47. The quantitative estimate of drug-likeness (QED) is 0.233. The maximum atomic E-state index is 2.78. The van der Waals surface area contributed by atoms with Crippen LogP contribution in [-0.4, -0.2) is 16.1 Å². The average Bonchev–Trinajstić information content (AvgIpc) is 3.67. The zero-order valence-electron chi connectivity index (χ0n) is 23.6. The molecule has 2 fully saturated rings. The van der Waals surface area contributed by atoms with Crippen LogP contribution in [0.4, 0.5) is 0 Å². The molecule has 38 heavy (non-hydrogen) atoms. The SMILES string of the molecule is CC(C)c1ccc2c(c1)[Si]1(CCCC1)c1cc3c4c(cccc4c1-2)[Si]1(CCCC1)c1cc(C(C)C)ccc1-3. The Kier molecular flexibility index (Phi) is 4.97. The third kappa shape index (κ3) is 2.86. The van der Waals surface area contributed by atoms with Crippen LogP contribution < -0.4 is 20.7 Å². The molecule has 2 saturated heterocycles.